The fourth-order valence-electron chi connectivity index (χ4n) is 11.1. The third-order valence-corrected chi connectivity index (χ3v) is 15.4. The molecule has 0 saturated carbocycles. The van der Waals surface area contributed by atoms with Crippen LogP contribution in [0.1, 0.15) is 99.6 Å². The Morgan fingerprint density at radius 2 is 1.11 bits per heavy atom. The average molecular weight is 1040 g/mol. The summed E-state index contributed by atoms with van der Waals surface area (Å²) >= 11 is 0. The van der Waals surface area contributed by atoms with E-state index in [1.165, 1.54) is 15.7 Å². The van der Waals surface area contributed by atoms with Crippen LogP contribution in [0.4, 0.5) is 22.7 Å². The maximum atomic E-state index is 9.24. The van der Waals surface area contributed by atoms with Crippen LogP contribution < -0.4 is 14.5 Å². The monoisotopic (exact) mass is 1040 g/mol. The zero-order valence-electron chi connectivity index (χ0n) is 56.9. The van der Waals surface area contributed by atoms with Crippen molar-refractivity contribution in [2.24, 2.45) is 0 Å². The maximum absolute atomic E-state index is 9.24. The molecule has 13 rings (SSSR count). The van der Waals surface area contributed by atoms with E-state index in [0.29, 0.717) is 62.6 Å². The Morgan fingerprint density at radius 3 is 1.82 bits per heavy atom. The van der Waals surface area contributed by atoms with Crippen molar-refractivity contribution in [2.75, 3.05) is 16.5 Å². The van der Waals surface area contributed by atoms with Gasteiger partial charge in [-0.2, -0.15) is 0 Å². The Labute approximate surface area is 480 Å². The fourth-order valence-corrected chi connectivity index (χ4v) is 11.1. The van der Waals surface area contributed by atoms with E-state index in [1.807, 2.05) is 83.4 Å². The van der Waals surface area contributed by atoms with Crippen LogP contribution in [0, 0.1) is 6.85 Å². The lowest BCUT2D eigenvalue weighted by Crippen LogP contribution is -2.25. The summed E-state index contributed by atoms with van der Waals surface area (Å²) in [5, 5.41) is 1.25. The van der Waals surface area contributed by atoms with Crippen molar-refractivity contribution < 1.29 is 19.8 Å². The molecule has 6 nitrogen and oxygen atoms in total. The van der Waals surface area contributed by atoms with Gasteiger partial charge in [0.1, 0.15) is 24.0 Å². The van der Waals surface area contributed by atoms with Gasteiger partial charge in [-0.05, 0) is 147 Å². The topological polar surface area (TPSA) is 38.5 Å². The van der Waals surface area contributed by atoms with Gasteiger partial charge in [0, 0.05) is 66.6 Å². The number of ether oxygens (including phenoxy) is 1. The summed E-state index contributed by atoms with van der Waals surface area (Å²) in [6, 6.07) is 48.8. The van der Waals surface area contributed by atoms with Crippen LogP contribution in [0.3, 0.4) is 0 Å². The van der Waals surface area contributed by atoms with Gasteiger partial charge in [-0.3, -0.25) is 4.57 Å². The smallest absolute Gasteiger partial charge is 0.137 e. The Balaban J connectivity index is 0.975. The number of fused-ring (bicyclic) bond motifs is 7. The average Bonchev–Trinajstić information content (AvgIpc) is 1.55. The molecule has 0 N–H and O–H groups in total. The van der Waals surface area contributed by atoms with Crippen LogP contribution in [0.25, 0.3) is 77.4 Å². The fraction of sp³-hybridized carbons (Fsp3) is 0.192. The highest BCUT2D eigenvalue weighted by Gasteiger charge is 2.31. The first-order chi connectivity index (χ1) is 42.5. The molecule has 6 heteroatoms. The molecule has 1 aliphatic heterocycles. The Kier molecular flexibility index (Phi) is 9.13. The standard InChI is InChI=1S/C73H67N5O/c1-47-36-70(74-45-63(47)50-22-18-23-51(37-50)71(2,3)4)78-66-35-31-55(77-64-28-16-14-26-59(64)60-27-15-17-29-65(60)77)43-62(66)61-33-32-58(44-68(61)78)79-57-25-19-24-54(42-57)75-46-76(56-40-52(72(5,6)7)39-53(41-56)73(8,9)10)69-38-49(30-34-67(69)75)48-20-12-11-13-21-48/h11-45H,46H2,1-10H3/i1D3,14D,15D,16D,17D,26D,27D,28D,29D. The number of para-hydroxylation sites is 2. The zero-order chi connectivity index (χ0) is 64.0. The molecule has 0 atom stereocenters. The molecule has 0 fully saturated rings. The third kappa shape index (κ3) is 8.90. The molecule has 4 heterocycles. The van der Waals surface area contributed by atoms with Crippen LogP contribution >= 0.6 is 0 Å². The van der Waals surface area contributed by atoms with E-state index >= 15 is 0 Å². The first-order valence-corrected chi connectivity index (χ1v) is 26.9. The summed E-state index contributed by atoms with van der Waals surface area (Å²) in [6.07, 6.45) is 1.61. The number of aryl methyl sites for hydroxylation is 1. The van der Waals surface area contributed by atoms with E-state index in [-0.39, 0.29) is 43.6 Å². The quantitative estimate of drug-likeness (QED) is 0.152. The van der Waals surface area contributed by atoms with Gasteiger partial charge < -0.3 is 19.1 Å². The zero-order valence-corrected chi connectivity index (χ0v) is 45.9. The molecule has 0 unspecified atom stereocenters. The van der Waals surface area contributed by atoms with E-state index in [1.54, 1.807) is 18.3 Å². The Hall–Kier alpha value is -8.87. The number of aromatic nitrogens is 3. The number of hydrogen-bond acceptors (Lipinski definition) is 4. The van der Waals surface area contributed by atoms with Crippen LogP contribution in [0.15, 0.2) is 212 Å². The van der Waals surface area contributed by atoms with Crippen molar-refractivity contribution >= 4 is 66.4 Å². The number of hydrogen-bond donors (Lipinski definition) is 0. The van der Waals surface area contributed by atoms with Gasteiger partial charge in [0.15, 0.2) is 0 Å². The van der Waals surface area contributed by atoms with Gasteiger partial charge in [-0.15, -0.1) is 0 Å². The van der Waals surface area contributed by atoms with Crippen LogP contribution in [0.2, 0.25) is 0 Å². The van der Waals surface area contributed by atoms with E-state index in [0.717, 1.165) is 39.4 Å². The third-order valence-electron chi connectivity index (χ3n) is 15.4. The number of anilines is 4. The van der Waals surface area contributed by atoms with Crippen molar-refractivity contribution in [3.63, 3.8) is 0 Å². The summed E-state index contributed by atoms with van der Waals surface area (Å²) in [6.45, 7) is 17.8. The van der Waals surface area contributed by atoms with Gasteiger partial charge >= 0.3 is 0 Å². The number of rotatable bonds is 8. The van der Waals surface area contributed by atoms with Gasteiger partial charge in [-0.1, -0.05) is 171 Å². The van der Waals surface area contributed by atoms with Crippen molar-refractivity contribution in [3.8, 4) is 45.3 Å². The van der Waals surface area contributed by atoms with Gasteiger partial charge in [0.05, 0.1) is 44.4 Å². The van der Waals surface area contributed by atoms with Crippen LogP contribution in [-0.4, -0.2) is 20.8 Å². The summed E-state index contributed by atoms with van der Waals surface area (Å²) < 4.78 is 109. The minimum absolute atomic E-state index is 0.00872. The van der Waals surface area contributed by atoms with Gasteiger partial charge in [0.25, 0.3) is 0 Å². The predicted octanol–water partition coefficient (Wildman–Crippen LogP) is 19.9. The summed E-state index contributed by atoms with van der Waals surface area (Å²) in [7, 11) is 0. The second-order valence-corrected chi connectivity index (χ2v) is 23.9. The molecule has 3 aromatic heterocycles. The molecular weight excluding hydrogens is 963 g/mol. The number of benzene rings is 9. The van der Waals surface area contributed by atoms with Crippen LogP contribution in [0.5, 0.6) is 11.5 Å². The van der Waals surface area contributed by atoms with E-state index in [9.17, 15) is 2.74 Å². The molecule has 1 aliphatic rings. The Morgan fingerprint density at radius 1 is 0.443 bits per heavy atom. The van der Waals surface area contributed by atoms with Crippen molar-refractivity contribution in [3.05, 3.63) is 235 Å². The number of pyridine rings is 1. The van der Waals surface area contributed by atoms with Crippen molar-refractivity contribution in [2.45, 2.75) is 85.4 Å². The minimum Gasteiger partial charge on any atom is -0.457 e. The summed E-state index contributed by atoms with van der Waals surface area (Å²) in [5.41, 5.74) is 12.3. The first kappa shape index (κ1) is 38.6. The van der Waals surface area contributed by atoms with Gasteiger partial charge in [0.2, 0.25) is 0 Å². The molecule has 9 aromatic carbocycles. The minimum atomic E-state index is -2.57. The molecule has 0 bridgehead atoms. The molecule has 0 spiro atoms. The highest BCUT2D eigenvalue weighted by Crippen LogP contribution is 2.49. The molecule has 0 amide bonds. The molecule has 0 radical (unpaired) electrons. The Bertz CT molecular complexity index is 4840. The van der Waals surface area contributed by atoms with E-state index in [2.05, 4.69) is 139 Å². The second-order valence-electron chi connectivity index (χ2n) is 23.9. The maximum Gasteiger partial charge on any atom is 0.137 e. The van der Waals surface area contributed by atoms with Gasteiger partial charge in [-0.25, -0.2) is 4.98 Å². The molecule has 390 valence electrons. The highest BCUT2D eigenvalue weighted by molar-refractivity contribution is 6.12. The molecular formula is C73H67N5O. The van der Waals surface area contributed by atoms with Crippen molar-refractivity contribution in [1.29, 1.82) is 0 Å². The normalized spacial score (nSPS) is 15.2. The SMILES string of the molecule is [2H]c1c([2H])c([2H])c2c(c1[2H])c1c([2H])c([2H])c([2H])c([2H])c1n2-c1ccc2c(c1)c1ccc(Oc3cccc(N4CN(c5cc(C(C)(C)C)cc(C(C)(C)C)c5)c5cc(-c6ccccc6)ccc54)c3)cc1n2-c1cc(C([2H])([2H])[2H])c(-c2cccc(C(C)(C)C)c2)cn1. The lowest BCUT2D eigenvalue weighted by atomic mass is 9.80. The van der Waals surface area contributed by atoms with E-state index in [4.69, 9.17) is 22.1 Å². The molecule has 0 saturated heterocycles. The molecule has 12 aromatic rings. The lowest BCUT2D eigenvalue weighted by molar-refractivity contribution is 0.483. The molecule has 79 heavy (non-hydrogen) atoms. The first-order valence-electron chi connectivity index (χ1n) is 32.4. The number of nitrogens with zero attached hydrogens (tertiary/aromatic N) is 5. The van der Waals surface area contributed by atoms with Crippen LogP contribution in [-0.2, 0) is 16.2 Å². The second kappa shape index (κ2) is 18.7. The molecule has 0 aliphatic carbocycles. The predicted molar refractivity (Wildman–Crippen MR) is 333 cm³/mol. The van der Waals surface area contributed by atoms with Crippen molar-refractivity contribution in [1.82, 2.24) is 14.1 Å². The highest BCUT2D eigenvalue weighted by atomic mass is 16.5. The van der Waals surface area contributed by atoms with E-state index < -0.39 is 55.2 Å². The summed E-state index contributed by atoms with van der Waals surface area (Å²) in [4.78, 5) is 9.76. The largest absolute Gasteiger partial charge is 0.457 e. The summed E-state index contributed by atoms with van der Waals surface area (Å²) in [5.74, 6) is 1.33. The lowest BCUT2D eigenvalue weighted by Gasteiger charge is -2.29.